The number of hydrogen-bond donors (Lipinski definition) is 2. The highest BCUT2D eigenvalue weighted by molar-refractivity contribution is 6.07. The van der Waals surface area contributed by atoms with Crippen molar-refractivity contribution in [3.05, 3.63) is 11.1 Å². The summed E-state index contributed by atoms with van der Waals surface area (Å²) in [5, 5.41) is 11.0. The Morgan fingerprint density at radius 3 is 2.25 bits per heavy atom. The molecule has 1 aliphatic rings. The molecule has 0 radical (unpaired) electrons. The van der Waals surface area contributed by atoms with Crippen molar-refractivity contribution >= 4 is 17.9 Å². The van der Waals surface area contributed by atoms with E-state index in [1.165, 1.54) is 13.8 Å². The van der Waals surface area contributed by atoms with E-state index >= 15 is 0 Å². The number of nitrogens with zero attached hydrogens (tertiary/aromatic N) is 2. The fourth-order valence-corrected chi connectivity index (χ4v) is 1.85. The molecule has 2 N–H and O–H groups in total. The molecule has 7 nitrogen and oxygen atoms in total. The van der Waals surface area contributed by atoms with Crippen LogP contribution in [0.25, 0.3) is 0 Å². The summed E-state index contributed by atoms with van der Waals surface area (Å²) < 4.78 is 0. The first-order valence-electron chi connectivity index (χ1n) is 6.52. The van der Waals surface area contributed by atoms with Crippen molar-refractivity contribution in [2.24, 2.45) is 0 Å². The Balaban J connectivity index is 2.64. The van der Waals surface area contributed by atoms with Crippen LogP contribution in [0.5, 0.6) is 0 Å². The molecule has 0 aromatic heterocycles. The van der Waals surface area contributed by atoms with Crippen molar-refractivity contribution in [1.82, 2.24) is 15.1 Å². The van der Waals surface area contributed by atoms with Gasteiger partial charge in [-0.1, -0.05) is 0 Å². The number of rotatable bonds is 2. The van der Waals surface area contributed by atoms with Gasteiger partial charge in [-0.25, -0.2) is 9.59 Å². The van der Waals surface area contributed by atoms with Crippen LogP contribution in [0.15, 0.2) is 11.1 Å². The summed E-state index contributed by atoms with van der Waals surface area (Å²) in [6, 6.07) is -0.470. The van der Waals surface area contributed by atoms with Crippen molar-refractivity contribution in [3.63, 3.8) is 0 Å². The quantitative estimate of drug-likeness (QED) is 0.711. The third-order valence-corrected chi connectivity index (χ3v) is 3.45. The van der Waals surface area contributed by atoms with Gasteiger partial charge in [0.15, 0.2) is 0 Å². The second kappa shape index (κ2) is 7.04. The average Bonchev–Trinajstić information content (AvgIpc) is 2.61. The molecule has 0 atom stereocenters. The first kappa shape index (κ1) is 16.2. The largest absolute Gasteiger partial charge is 0.478 e. The van der Waals surface area contributed by atoms with Crippen molar-refractivity contribution in [2.75, 3.05) is 33.2 Å². The number of amides is 3. The lowest BCUT2D eigenvalue weighted by Crippen LogP contribution is -2.44. The molecule has 1 rings (SSSR count). The molecular weight excluding hydrogens is 262 g/mol. The molecular formula is C13H21N3O4. The smallest absolute Gasteiger partial charge is 0.331 e. The molecule has 0 bridgehead atoms. The highest BCUT2D eigenvalue weighted by Crippen LogP contribution is 2.05. The van der Waals surface area contributed by atoms with Crippen LogP contribution in [0, 0.1) is 0 Å². The van der Waals surface area contributed by atoms with Crippen molar-refractivity contribution in [3.8, 4) is 0 Å². The van der Waals surface area contributed by atoms with E-state index < -0.39 is 17.9 Å². The first-order valence-corrected chi connectivity index (χ1v) is 6.52. The van der Waals surface area contributed by atoms with Gasteiger partial charge in [-0.3, -0.25) is 10.1 Å². The molecule has 1 heterocycles. The Kier molecular flexibility index (Phi) is 5.69. The topological polar surface area (TPSA) is 89.9 Å². The predicted octanol–water partition coefficient (Wildman–Crippen LogP) is 0.281. The maximum Gasteiger partial charge on any atom is 0.331 e. The van der Waals surface area contributed by atoms with Gasteiger partial charge in [0, 0.05) is 30.8 Å². The van der Waals surface area contributed by atoms with Gasteiger partial charge in [-0.2, -0.15) is 0 Å². The SMILES string of the molecule is CC(C(=O)O)=C(C)C(=O)NC(=O)N1CCCN(C)CC1. The molecule has 7 heteroatoms. The second-order valence-electron chi connectivity index (χ2n) is 4.96. The van der Waals surface area contributed by atoms with Gasteiger partial charge in [0.1, 0.15) is 0 Å². The van der Waals surface area contributed by atoms with Crippen LogP contribution in [0.2, 0.25) is 0 Å². The Morgan fingerprint density at radius 1 is 1.00 bits per heavy atom. The number of hydrogen-bond acceptors (Lipinski definition) is 4. The molecule has 20 heavy (non-hydrogen) atoms. The lowest BCUT2D eigenvalue weighted by molar-refractivity contribution is -0.133. The van der Waals surface area contributed by atoms with Crippen LogP contribution in [0.1, 0.15) is 20.3 Å². The second-order valence-corrected chi connectivity index (χ2v) is 4.96. The third kappa shape index (κ3) is 4.34. The number of urea groups is 1. The van der Waals surface area contributed by atoms with Crippen LogP contribution in [-0.4, -0.2) is 66.0 Å². The van der Waals surface area contributed by atoms with E-state index in [9.17, 15) is 14.4 Å². The number of nitrogens with one attached hydrogen (secondary N) is 1. The minimum absolute atomic E-state index is 0.0396. The van der Waals surface area contributed by atoms with E-state index in [1.807, 2.05) is 7.05 Å². The molecule has 0 saturated carbocycles. The predicted molar refractivity (Wildman–Crippen MR) is 73.2 cm³/mol. The summed E-state index contributed by atoms with van der Waals surface area (Å²) in [5.41, 5.74) is -0.0244. The van der Waals surface area contributed by atoms with Gasteiger partial charge >= 0.3 is 12.0 Å². The van der Waals surface area contributed by atoms with Crippen LogP contribution in [0.3, 0.4) is 0 Å². The van der Waals surface area contributed by atoms with Crippen LogP contribution < -0.4 is 5.32 Å². The Morgan fingerprint density at radius 2 is 1.65 bits per heavy atom. The number of carbonyl (C=O) groups is 3. The average molecular weight is 283 g/mol. The number of carbonyl (C=O) groups excluding carboxylic acids is 2. The van der Waals surface area contributed by atoms with Gasteiger partial charge in [-0.15, -0.1) is 0 Å². The van der Waals surface area contributed by atoms with E-state index in [2.05, 4.69) is 10.2 Å². The van der Waals surface area contributed by atoms with Gasteiger partial charge in [0.2, 0.25) is 0 Å². The van der Waals surface area contributed by atoms with Crippen LogP contribution >= 0.6 is 0 Å². The lowest BCUT2D eigenvalue weighted by atomic mass is 10.1. The monoisotopic (exact) mass is 283 g/mol. The Labute approximate surface area is 118 Å². The zero-order valence-corrected chi connectivity index (χ0v) is 12.1. The molecule has 3 amide bonds. The maximum atomic E-state index is 12.0. The highest BCUT2D eigenvalue weighted by atomic mass is 16.4. The maximum absolute atomic E-state index is 12.0. The molecule has 0 aromatic rings. The summed E-state index contributed by atoms with van der Waals surface area (Å²) in [4.78, 5) is 38.2. The molecule has 1 aliphatic heterocycles. The molecule has 0 unspecified atom stereocenters. The van der Waals surface area contributed by atoms with Crippen molar-refractivity contribution in [1.29, 1.82) is 0 Å². The zero-order valence-electron chi connectivity index (χ0n) is 12.1. The van der Waals surface area contributed by atoms with Gasteiger partial charge in [-0.05, 0) is 33.9 Å². The molecule has 1 saturated heterocycles. The minimum atomic E-state index is -1.17. The molecule has 0 aromatic carbocycles. The van der Waals surface area contributed by atoms with Crippen molar-refractivity contribution < 1.29 is 19.5 Å². The number of carboxylic acids is 1. The van der Waals surface area contributed by atoms with E-state index in [-0.39, 0.29) is 11.1 Å². The first-order chi connectivity index (χ1) is 9.32. The number of likely N-dealkylation sites (N-methyl/N-ethyl adjacent to an activating group) is 1. The molecule has 0 spiro atoms. The van der Waals surface area contributed by atoms with Crippen molar-refractivity contribution in [2.45, 2.75) is 20.3 Å². The standard InChI is InChI=1S/C13H21N3O4/c1-9(10(2)12(18)19)11(17)14-13(20)16-6-4-5-15(3)7-8-16/h4-8H2,1-3H3,(H,18,19)(H,14,17,20). The fourth-order valence-electron chi connectivity index (χ4n) is 1.85. The fraction of sp³-hybridized carbons (Fsp3) is 0.615. The van der Waals surface area contributed by atoms with Crippen LogP contribution in [-0.2, 0) is 9.59 Å². The number of imide groups is 1. The van der Waals surface area contributed by atoms with Gasteiger partial charge in [0.05, 0.1) is 0 Å². The molecule has 1 fully saturated rings. The summed E-state index contributed by atoms with van der Waals surface area (Å²) >= 11 is 0. The van der Waals surface area contributed by atoms with Crippen LogP contribution in [0.4, 0.5) is 4.79 Å². The van der Waals surface area contributed by atoms with Gasteiger partial charge in [0.25, 0.3) is 5.91 Å². The van der Waals surface area contributed by atoms with Gasteiger partial charge < -0.3 is 14.9 Å². The summed E-state index contributed by atoms with van der Waals surface area (Å²) in [6.07, 6.45) is 0.848. The number of carboxylic acid groups (broad SMARTS) is 1. The Bertz CT molecular complexity index is 445. The minimum Gasteiger partial charge on any atom is -0.478 e. The highest BCUT2D eigenvalue weighted by Gasteiger charge is 2.21. The summed E-state index contributed by atoms with van der Waals surface area (Å²) in [6.45, 7) is 5.53. The van der Waals surface area contributed by atoms with E-state index in [1.54, 1.807) is 4.90 Å². The Hall–Kier alpha value is -1.89. The molecule has 112 valence electrons. The summed E-state index contributed by atoms with van der Waals surface area (Å²) in [7, 11) is 1.98. The molecule has 0 aliphatic carbocycles. The lowest BCUT2D eigenvalue weighted by Gasteiger charge is -2.20. The zero-order chi connectivity index (χ0) is 15.3. The van der Waals surface area contributed by atoms with E-state index in [0.29, 0.717) is 13.1 Å². The summed E-state index contributed by atoms with van der Waals surface area (Å²) in [5.74, 6) is -1.83. The van der Waals surface area contributed by atoms with E-state index in [4.69, 9.17) is 5.11 Å². The third-order valence-electron chi connectivity index (χ3n) is 3.45. The normalized spacial score (nSPS) is 18.1. The number of aliphatic carboxylic acids is 1. The van der Waals surface area contributed by atoms with E-state index in [0.717, 1.165) is 19.5 Å².